The van der Waals surface area contributed by atoms with Crippen molar-refractivity contribution in [3.8, 4) is 0 Å². The second-order valence-corrected chi connectivity index (χ2v) is 3.65. The number of nitrogens with two attached hydrogens (primary N) is 1. The first-order valence-corrected chi connectivity index (χ1v) is 4.91. The fourth-order valence-corrected chi connectivity index (χ4v) is 1.44. The second-order valence-electron chi connectivity index (χ2n) is 3.65. The van der Waals surface area contributed by atoms with Crippen LogP contribution in [-0.4, -0.2) is 44.2 Å². The summed E-state index contributed by atoms with van der Waals surface area (Å²) in [6, 6.07) is -0.822. The Kier molecular flexibility index (Phi) is 4.05. The Morgan fingerprint density at radius 1 is 1.47 bits per heavy atom. The number of amides is 2. The highest BCUT2D eigenvalue weighted by Gasteiger charge is 2.32. The van der Waals surface area contributed by atoms with E-state index in [-0.39, 0.29) is 23.8 Å². The van der Waals surface area contributed by atoms with E-state index in [2.05, 4.69) is 10.6 Å². The van der Waals surface area contributed by atoms with Crippen molar-refractivity contribution in [1.29, 1.82) is 0 Å². The molecule has 1 aliphatic rings. The molecule has 6 heteroatoms. The summed E-state index contributed by atoms with van der Waals surface area (Å²) in [7, 11) is 1.52. The molecular formula is C9H17N3O3. The van der Waals surface area contributed by atoms with Crippen LogP contribution in [0.2, 0.25) is 0 Å². The minimum absolute atomic E-state index is 0.226. The van der Waals surface area contributed by atoms with Crippen LogP contribution in [0.1, 0.15) is 6.92 Å². The molecule has 3 atom stereocenters. The van der Waals surface area contributed by atoms with Crippen molar-refractivity contribution in [2.24, 2.45) is 11.7 Å². The van der Waals surface area contributed by atoms with E-state index in [1.165, 1.54) is 7.05 Å². The molecule has 0 aromatic rings. The molecule has 4 N–H and O–H groups in total. The molecule has 0 bridgehead atoms. The van der Waals surface area contributed by atoms with Crippen molar-refractivity contribution >= 4 is 11.8 Å². The Labute approximate surface area is 88.5 Å². The quantitative estimate of drug-likeness (QED) is 0.518. The topological polar surface area (TPSA) is 93.5 Å². The molecule has 6 nitrogen and oxygen atoms in total. The van der Waals surface area contributed by atoms with Crippen LogP contribution in [-0.2, 0) is 14.3 Å². The Morgan fingerprint density at radius 2 is 2.13 bits per heavy atom. The lowest BCUT2D eigenvalue weighted by Gasteiger charge is -2.17. The number of hydrogen-bond donors (Lipinski definition) is 3. The Balaban J connectivity index is 2.44. The fraction of sp³-hybridized carbons (Fsp3) is 0.778. The molecule has 3 unspecified atom stereocenters. The highest BCUT2D eigenvalue weighted by atomic mass is 16.5. The third-order valence-corrected chi connectivity index (χ3v) is 2.46. The van der Waals surface area contributed by atoms with Crippen molar-refractivity contribution in [2.75, 3.05) is 20.3 Å². The summed E-state index contributed by atoms with van der Waals surface area (Å²) in [6.07, 6.45) is 0. The normalized spacial score (nSPS) is 27.1. The van der Waals surface area contributed by atoms with Crippen molar-refractivity contribution in [1.82, 2.24) is 10.6 Å². The molecule has 0 saturated carbocycles. The van der Waals surface area contributed by atoms with Crippen LogP contribution < -0.4 is 16.4 Å². The van der Waals surface area contributed by atoms with Gasteiger partial charge < -0.3 is 21.1 Å². The summed E-state index contributed by atoms with van der Waals surface area (Å²) in [6.45, 7) is 2.35. The summed E-state index contributed by atoms with van der Waals surface area (Å²) in [5, 5.41) is 5.05. The number of hydrogen-bond acceptors (Lipinski definition) is 4. The average molecular weight is 215 g/mol. The summed E-state index contributed by atoms with van der Waals surface area (Å²) in [5.41, 5.74) is 5.68. The number of nitrogens with one attached hydrogen (secondary N) is 2. The molecule has 0 aromatic heterocycles. The van der Waals surface area contributed by atoms with E-state index in [1.807, 2.05) is 0 Å². The third-order valence-electron chi connectivity index (χ3n) is 2.46. The van der Waals surface area contributed by atoms with Crippen LogP contribution in [0.25, 0.3) is 0 Å². The van der Waals surface area contributed by atoms with Gasteiger partial charge in [0.25, 0.3) is 0 Å². The summed E-state index contributed by atoms with van der Waals surface area (Å²) in [5.74, 6) is -0.802. The maximum Gasteiger partial charge on any atom is 0.242 e. The van der Waals surface area contributed by atoms with E-state index in [4.69, 9.17) is 10.5 Å². The van der Waals surface area contributed by atoms with Crippen LogP contribution in [0.4, 0.5) is 0 Å². The van der Waals surface area contributed by atoms with Gasteiger partial charge in [-0.3, -0.25) is 9.59 Å². The minimum Gasteiger partial charge on any atom is -0.379 e. The predicted molar refractivity (Wildman–Crippen MR) is 54.0 cm³/mol. The van der Waals surface area contributed by atoms with Crippen molar-refractivity contribution in [2.45, 2.75) is 19.0 Å². The second kappa shape index (κ2) is 5.09. The van der Waals surface area contributed by atoms with Gasteiger partial charge in [0.15, 0.2) is 0 Å². The van der Waals surface area contributed by atoms with E-state index in [0.717, 1.165) is 0 Å². The Morgan fingerprint density at radius 3 is 2.60 bits per heavy atom. The van der Waals surface area contributed by atoms with E-state index in [9.17, 15) is 9.59 Å². The van der Waals surface area contributed by atoms with E-state index in [0.29, 0.717) is 13.2 Å². The lowest BCUT2D eigenvalue weighted by molar-refractivity contribution is -0.130. The minimum atomic E-state index is -0.546. The number of likely N-dealkylation sites (N-methyl/N-ethyl adjacent to an activating group) is 1. The van der Waals surface area contributed by atoms with Crippen molar-refractivity contribution in [3.05, 3.63) is 0 Å². The average Bonchev–Trinajstić information content (AvgIpc) is 2.63. The molecule has 86 valence electrons. The maximum absolute atomic E-state index is 11.6. The molecule has 2 amide bonds. The van der Waals surface area contributed by atoms with Crippen LogP contribution in [0.3, 0.4) is 0 Å². The smallest absolute Gasteiger partial charge is 0.242 e. The lowest BCUT2D eigenvalue weighted by Crippen LogP contribution is -2.49. The molecule has 0 aromatic carbocycles. The van der Waals surface area contributed by atoms with E-state index >= 15 is 0 Å². The standard InChI is InChI=1S/C9H17N3O3/c1-5(8(13)11-2)12-9(14)6-3-15-4-7(6)10/h5-7H,3-4,10H2,1-2H3,(H,11,13)(H,12,14). The summed E-state index contributed by atoms with van der Waals surface area (Å²) in [4.78, 5) is 22.8. The zero-order valence-corrected chi connectivity index (χ0v) is 8.95. The molecule has 0 aliphatic carbocycles. The van der Waals surface area contributed by atoms with Gasteiger partial charge in [-0.2, -0.15) is 0 Å². The Bertz CT molecular complexity index is 257. The summed E-state index contributed by atoms with van der Waals surface area (Å²) < 4.78 is 5.07. The molecule has 1 fully saturated rings. The number of ether oxygens (including phenoxy) is 1. The van der Waals surface area contributed by atoms with Gasteiger partial charge in [-0.05, 0) is 6.92 Å². The van der Waals surface area contributed by atoms with Gasteiger partial charge in [0.1, 0.15) is 6.04 Å². The number of carbonyl (C=O) groups is 2. The fourth-order valence-electron chi connectivity index (χ4n) is 1.44. The first-order chi connectivity index (χ1) is 7.06. The van der Waals surface area contributed by atoms with Gasteiger partial charge in [-0.1, -0.05) is 0 Å². The largest absolute Gasteiger partial charge is 0.379 e. The summed E-state index contributed by atoms with van der Waals surface area (Å²) >= 11 is 0. The van der Waals surface area contributed by atoms with E-state index < -0.39 is 6.04 Å². The molecular weight excluding hydrogens is 198 g/mol. The highest BCUT2D eigenvalue weighted by molar-refractivity contribution is 5.88. The predicted octanol–water partition coefficient (Wildman–Crippen LogP) is -1.79. The molecule has 15 heavy (non-hydrogen) atoms. The van der Waals surface area contributed by atoms with Gasteiger partial charge in [0, 0.05) is 13.1 Å². The monoisotopic (exact) mass is 215 g/mol. The van der Waals surface area contributed by atoms with E-state index in [1.54, 1.807) is 6.92 Å². The molecule has 0 radical (unpaired) electrons. The molecule has 1 heterocycles. The molecule has 0 spiro atoms. The molecule has 1 aliphatic heterocycles. The van der Waals surface area contributed by atoms with Crippen LogP contribution in [0, 0.1) is 5.92 Å². The van der Waals surface area contributed by atoms with Crippen molar-refractivity contribution < 1.29 is 14.3 Å². The highest BCUT2D eigenvalue weighted by Crippen LogP contribution is 2.11. The molecule has 1 rings (SSSR count). The SMILES string of the molecule is CNC(=O)C(C)NC(=O)C1COCC1N. The third kappa shape index (κ3) is 2.90. The number of carbonyl (C=O) groups excluding carboxylic acids is 2. The first-order valence-electron chi connectivity index (χ1n) is 4.91. The van der Waals surface area contributed by atoms with Gasteiger partial charge in [-0.25, -0.2) is 0 Å². The molecule has 1 saturated heterocycles. The zero-order chi connectivity index (χ0) is 11.4. The van der Waals surface area contributed by atoms with Crippen LogP contribution >= 0.6 is 0 Å². The van der Waals surface area contributed by atoms with Gasteiger partial charge in [-0.15, -0.1) is 0 Å². The van der Waals surface area contributed by atoms with Gasteiger partial charge >= 0.3 is 0 Å². The van der Waals surface area contributed by atoms with Gasteiger partial charge in [0.05, 0.1) is 19.1 Å². The first kappa shape index (κ1) is 11.9. The van der Waals surface area contributed by atoms with Crippen LogP contribution in [0.5, 0.6) is 0 Å². The maximum atomic E-state index is 11.6. The van der Waals surface area contributed by atoms with Crippen molar-refractivity contribution in [3.63, 3.8) is 0 Å². The zero-order valence-electron chi connectivity index (χ0n) is 8.95. The number of rotatable bonds is 3. The van der Waals surface area contributed by atoms with Gasteiger partial charge in [0.2, 0.25) is 11.8 Å². The Hall–Kier alpha value is -1.14. The van der Waals surface area contributed by atoms with Crippen LogP contribution in [0.15, 0.2) is 0 Å². The lowest BCUT2D eigenvalue weighted by atomic mass is 10.0.